The van der Waals surface area contributed by atoms with Gasteiger partial charge in [-0.1, -0.05) is 43.3 Å². The van der Waals surface area contributed by atoms with Crippen molar-refractivity contribution in [1.82, 2.24) is 4.98 Å². The number of para-hydroxylation sites is 2. The standard InChI is InChI=1S/C24H24N2O4/c1-3-16-8-4-7-11-21(16)26-14-17(12-22(26)27)24(29)30-15(2)23(28)19-13-25-20-10-6-5-9-18(19)20/h4-11,13,15,17,25H,3,12,14H2,1-2H3/t15-,17-/m0/s1. The maximum atomic E-state index is 12.8. The van der Waals surface area contributed by atoms with Crippen molar-refractivity contribution in [1.29, 1.82) is 0 Å². The molecular formula is C24H24N2O4. The quantitative estimate of drug-likeness (QED) is 0.499. The summed E-state index contributed by atoms with van der Waals surface area (Å²) in [4.78, 5) is 42.8. The molecular weight excluding hydrogens is 380 g/mol. The first-order chi connectivity index (χ1) is 14.5. The minimum absolute atomic E-state index is 0.0882. The van der Waals surface area contributed by atoms with E-state index in [1.165, 1.54) is 0 Å². The second kappa shape index (κ2) is 8.14. The van der Waals surface area contributed by atoms with Crippen LogP contribution in [0.1, 0.15) is 36.2 Å². The number of benzene rings is 2. The Morgan fingerprint density at radius 1 is 1.17 bits per heavy atom. The summed E-state index contributed by atoms with van der Waals surface area (Å²) < 4.78 is 5.48. The van der Waals surface area contributed by atoms with Crippen molar-refractivity contribution in [3.63, 3.8) is 0 Å². The van der Waals surface area contributed by atoms with Gasteiger partial charge in [-0.3, -0.25) is 14.4 Å². The van der Waals surface area contributed by atoms with Gasteiger partial charge in [-0.2, -0.15) is 0 Å². The third kappa shape index (κ3) is 3.61. The Balaban J connectivity index is 1.45. The summed E-state index contributed by atoms with van der Waals surface area (Å²) in [6.07, 6.45) is 1.60. The molecule has 2 atom stereocenters. The van der Waals surface area contributed by atoms with Crippen molar-refractivity contribution in [2.45, 2.75) is 32.8 Å². The molecule has 0 bridgehead atoms. The number of hydrogen-bond donors (Lipinski definition) is 1. The lowest BCUT2D eigenvalue weighted by Crippen LogP contribution is -2.30. The SMILES string of the molecule is CCc1ccccc1N1C[C@@H](C(=O)O[C@@H](C)C(=O)c2c[nH]c3ccccc23)CC1=O. The largest absolute Gasteiger partial charge is 0.454 e. The molecule has 30 heavy (non-hydrogen) atoms. The minimum atomic E-state index is -0.927. The van der Waals surface area contributed by atoms with Crippen LogP contribution < -0.4 is 4.90 Å². The number of aromatic amines is 1. The van der Waals surface area contributed by atoms with Crippen LogP contribution in [0.4, 0.5) is 5.69 Å². The molecule has 2 aromatic carbocycles. The van der Waals surface area contributed by atoms with Gasteiger partial charge < -0.3 is 14.6 Å². The summed E-state index contributed by atoms with van der Waals surface area (Å²) in [5.41, 5.74) is 3.24. The number of ketones is 1. The Bertz CT molecular complexity index is 1120. The van der Waals surface area contributed by atoms with E-state index >= 15 is 0 Å². The zero-order valence-electron chi connectivity index (χ0n) is 17.1. The van der Waals surface area contributed by atoms with Gasteiger partial charge in [-0.05, 0) is 31.0 Å². The van der Waals surface area contributed by atoms with E-state index in [1.54, 1.807) is 18.0 Å². The molecule has 0 spiro atoms. The van der Waals surface area contributed by atoms with Crippen molar-refractivity contribution in [3.8, 4) is 0 Å². The number of amides is 1. The van der Waals surface area contributed by atoms with E-state index in [0.29, 0.717) is 5.56 Å². The van der Waals surface area contributed by atoms with Gasteiger partial charge in [0.15, 0.2) is 6.10 Å². The maximum Gasteiger partial charge on any atom is 0.312 e. The van der Waals surface area contributed by atoms with E-state index < -0.39 is 18.0 Å². The molecule has 1 aliphatic heterocycles. The number of nitrogens with zero attached hydrogens (tertiary/aromatic N) is 1. The fourth-order valence-corrected chi connectivity index (χ4v) is 3.99. The van der Waals surface area contributed by atoms with Gasteiger partial charge in [0.1, 0.15) is 0 Å². The average Bonchev–Trinajstić information content (AvgIpc) is 3.36. The molecule has 0 radical (unpaired) electrons. The summed E-state index contributed by atoms with van der Waals surface area (Å²) in [7, 11) is 0. The predicted molar refractivity (Wildman–Crippen MR) is 114 cm³/mol. The van der Waals surface area contributed by atoms with Crippen LogP contribution in [0.3, 0.4) is 0 Å². The molecule has 1 saturated heterocycles. The van der Waals surface area contributed by atoms with Gasteiger partial charge in [0.2, 0.25) is 11.7 Å². The lowest BCUT2D eigenvalue weighted by atomic mass is 10.1. The highest BCUT2D eigenvalue weighted by Crippen LogP contribution is 2.29. The Morgan fingerprint density at radius 3 is 2.70 bits per heavy atom. The number of esters is 1. The van der Waals surface area contributed by atoms with E-state index in [2.05, 4.69) is 4.98 Å². The summed E-state index contributed by atoms with van der Waals surface area (Å²) in [6, 6.07) is 15.2. The lowest BCUT2D eigenvalue weighted by Gasteiger charge is -2.20. The fourth-order valence-electron chi connectivity index (χ4n) is 3.99. The number of carbonyl (C=O) groups is 3. The second-order valence-electron chi connectivity index (χ2n) is 7.58. The second-order valence-corrected chi connectivity index (χ2v) is 7.58. The van der Waals surface area contributed by atoms with Gasteiger partial charge in [-0.15, -0.1) is 0 Å². The van der Waals surface area contributed by atoms with E-state index in [-0.39, 0.29) is 24.7 Å². The fraction of sp³-hybridized carbons (Fsp3) is 0.292. The first-order valence-corrected chi connectivity index (χ1v) is 10.2. The summed E-state index contributed by atoms with van der Waals surface area (Å²) in [5.74, 6) is -1.46. The number of H-pyrrole nitrogens is 1. The molecule has 2 heterocycles. The normalized spacial score (nSPS) is 17.3. The number of aromatic nitrogens is 1. The van der Waals surface area contributed by atoms with E-state index in [0.717, 1.165) is 28.6 Å². The first kappa shape index (κ1) is 19.9. The number of anilines is 1. The zero-order valence-corrected chi connectivity index (χ0v) is 17.1. The van der Waals surface area contributed by atoms with Crippen molar-refractivity contribution in [3.05, 3.63) is 65.9 Å². The van der Waals surface area contributed by atoms with Gasteiger partial charge in [-0.25, -0.2) is 0 Å². The highest BCUT2D eigenvalue weighted by atomic mass is 16.5. The van der Waals surface area contributed by atoms with E-state index in [1.807, 2.05) is 55.5 Å². The molecule has 0 aliphatic carbocycles. The zero-order chi connectivity index (χ0) is 21.3. The highest BCUT2D eigenvalue weighted by molar-refractivity contribution is 6.10. The minimum Gasteiger partial charge on any atom is -0.454 e. The third-order valence-electron chi connectivity index (χ3n) is 5.64. The number of hydrogen-bond acceptors (Lipinski definition) is 4. The van der Waals surface area contributed by atoms with Crippen LogP contribution in [0, 0.1) is 5.92 Å². The van der Waals surface area contributed by atoms with Gasteiger partial charge in [0.25, 0.3) is 0 Å². The Hall–Kier alpha value is -3.41. The molecule has 1 fully saturated rings. The Morgan fingerprint density at radius 2 is 1.90 bits per heavy atom. The molecule has 0 unspecified atom stereocenters. The smallest absolute Gasteiger partial charge is 0.312 e. The van der Waals surface area contributed by atoms with Gasteiger partial charge in [0.05, 0.1) is 5.92 Å². The highest BCUT2D eigenvalue weighted by Gasteiger charge is 2.38. The molecule has 1 N–H and O–H groups in total. The summed E-state index contributed by atoms with van der Waals surface area (Å²) >= 11 is 0. The monoisotopic (exact) mass is 404 g/mol. The molecule has 0 saturated carbocycles. The number of fused-ring (bicyclic) bond motifs is 1. The molecule has 6 heteroatoms. The van der Waals surface area contributed by atoms with Crippen LogP contribution in [0.15, 0.2) is 54.7 Å². The number of rotatable bonds is 6. The average molecular weight is 404 g/mol. The van der Waals surface area contributed by atoms with Crippen LogP contribution in [0.2, 0.25) is 0 Å². The molecule has 154 valence electrons. The van der Waals surface area contributed by atoms with Crippen LogP contribution in [0.5, 0.6) is 0 Å². The van der Waals surface area contributed by atoms with Gasteiger partial charge >= 0.3 is 5.97 Å². The number of carbonyl (C=O) groups excluding carboxylic acids is 3. The molecule has 3 aromatic rings. The molecule has 4 rings (SSSR count). The third-order valence-corrected chi connectivity index (χ3v) is 5.64. The van der Waals surface area contributed by atoms with Crippen LogP contribution in [-0.2, 0) is 20.7 Å². The number of Topliss-reactive ketones (excluding diaryl/α,β-unsaturated/α-hetero) is 1. The topological polar surface area (TPSA) is 79.5 Å². The van der Waals surface area contributed by atoms with Crippen molar-refractivity contribution in [2.75, 3.05) is 11.4 Å². The maximum absolute atomic E-state index is 12.8. The molecule has 6 nitrogen and oxygen atoms in total. The number of aryl methyl sites for hydroxylation is 1. The Kier molecular flexibility index (Phi) is 5.40. The van der Waals surface area contributed by atoms with Gasteiger partial charge in [0, 0.05) is 41.3 Å². The predicted octanol–water partition coefficient (Wildman–Crippen LogP) is 3.90. The summed E-state index contributed by atoms with van der Waals surface area (Å²) in [5, 5.41) is 0.795. The van der Waals surface area contributed by atoms with Crippen molar-refractivity contribution < 1.29 is 19.1 Å². The van der Waals surface area contributed by atoms with E-state index in [4.69, 9.17) is 4.74 Å². The molecule has 1 aromatic heterocycles. The van der Waals surface area contributed by atoms with Crippen molar-refractivity contribution in [2.24, 2.45) is 5.92 Å². The van der Waals surface area contributed by atoms with E-state index in [9.17, 15) is 14.4 Å². The summed E-state index contributed by atoms with van der Waals surface area (Å²) in [6.45, 7) is 3.87. The van der Waals surface area contributed by atoms with Crippen molar-refractivity contribution >= 4 is 34.3 Å². The van der Waals surface area contributed by atoms with Crippen LogP contribution in [-0.4, -0.2) is 35.3 Å². The van der Waals surface area contributed by atoms with Crippen LogP contribution in [0.25, 0.3) is 10.9 Å². The number of ether oxygens (including phenoxy) is 1. The lowest BCUT2D eigenvalue weighted by molar-refractivity contribution is -0.151. The van der Waals surface area contributed by atoms with Crippen LogP contribution >= 0.6 is 0 Å². The Labute approximate surface area is 174 Å². The molecule has 1 amide bonds. The first-order valence-electron chi connectivity index (χ1n) is 10.2. The molecule has 1 aliphatic rings. The number of nitrogens with one attached hydrogen (secondary N) is 1.